The van der Waals surface area contributed by atoms with E-state index >= 15 is 0 Å². The van der Waals surface area contributed by atoms with Crippen LogP contribution in [0.2, 0.25) is 0 Å². The Kier molecular flexibility index (Phi) is 16.0. The number of rotatable bonds is 21. The Labute approximate surface area is 218 Å². The van der Waals surface area contributed by atoms with Gasteiger partial charge in [-0.1, -0.05) is 78.1 Å². The lowest BCUT2D eigenvalue weighted by molar-refractivity contribution is 0.178. The van der Waals surface area contributed by atoms with Gasteiger partial charge in [0.15, 0.2) is 5.82 Å². The van der Waals surface area contributed by atoms with Gasteiger partial charge in [0.1, 0.15) is 24.7 Å². The van der Waals surface area contributed by atoms with Crippen LogP contribution in [0.25, 0.3) is 11.4 Å². The Hall–Kier alpha value is -2.04. The molecule has 0 aliphatic carbocycles. The second kappa shape index (κ2) is 19.1. The smallest absolute Gasteiger partial charge is 0.159 e. The molecule has 0 saturated carbocycles. The van der Waals surface area contributed by atoms with E-state index in [1.807, 2.05) is 43.6 Å². The monoisotopic (exact) mass is 502 g/mol. The predicted octanol–water partition coefficient (Wildman–Crippen LogP) is 9.63. The lowest BCUT2D eigenvalue weighted by atomic mass is 10.0. The summed E-state index contributed by atoms with van der Waals surface area (Å²) in [7, 11) is 0. The molecule has 1 aromatic heterocycles. The molecule has 2 atom stereocenters. The maximum atomic E-state index is 14.1. The molecular weight excluding hydrogens is 454 g/mol. The quantitative estimate of drug-likeness (QED) is 0.159. The van der Waals surface area contributed by atoms with E-state index in [0.29, 0.717) is 37.3 Å². The van der Waals surface area contributed by atoms with Gasteiger partial charge in [-0.25, -0.2) is 18.7 Å². The lowest BCUT2D eigenvalue weighted by Crippen LogP contribution is -2.13. The van der Waals surface area contributed by atoms with E-state index in [1.54, 1.807) is 0 Å². The lowest BCUT2D eigenvalue weighted by Gasteiger charge is -2.12. The minimum atomic E-state index is -1.08. The summed E-state index contributed by atoms with van der Waals surface area (Å²) in [5.74, 6) is 1.30. The molecule has 0 aliphatic heterocycles. The fraction of sp³-hybridized carbons (Fsp3) is 0.677. The van der Waals surface area contributed by atoms with E-state index in [2.05, 4.69) is 16.9 Å². The number of hydrogen-bond donors (Lipinski definition) is 0. The zero-order valence-corrected chi connectivity index (χ0v) is 22.7. The number of halogens is 2. The molecule has 2 unspecified atom stereocenters. The highest BCUT2D eigenvalue weighted by Crippen LogP contribution is 2.21. The SMILES string of the molecule is CCCCCCCCCCCCc1cnc(-c2ccc(OCC(F)CCCC(F)CCC)cc2)nc1. The van der Waals surface area contributed by atoms with Gasteiger partial charge in [-0.15, -0.1) is 0 Å². The molecule has 2 rings (SSSR count). The van der Waals surface area contributed by atoms with Gasteiger partial charge in [-0.05, 0) is 68.4 Å². The fourth-order valence-corrected chi connectivity index (χ4v) is 4.44. The highest BCUT2D eigenvalue weighted by atomic mass is 19.1. The first-order valence-corrected chi connectivity index (χ1v) is 14.4. The molecule has 36 heavy (non-hydrogen) atoms. The van der Waals surface area contributed by atoms with Crippen LogP contribution >= 0.6 is 0 Å². The second-order valence-electron chi connectivity index (χ2n) is 10.1. The first-order valence-electron chi connectivity index (χ1n) is 14.4. The normalized spacial score (nSPS) is 13.0. The Bertz CT molecular complexity index is 782. The number of hydrogen-bond acceptors (Lipinski definition) is 3. The minimum Gasteiger partial charge on any atom is -0.491 e. The summed E-state index contributed by atoms with van der Waals surface area (Å²) in [6, 6.07) is 7.44. The van der Waals surface area contributed by atoms with Gasteiger partial charge in [0.25, 0.3) is 0 Å². The third-order valence-corrected chi connectivity index (χ3v) is 6.70. The van der Waals surface area contributed by atoms with Gasteiger partial charge in [-0.3, -0.25) is 0 Å². The third-order valence-electron chi connectivity index (χ3n) is 6.70. The molecule has 5 heteroatoms. The summed E-state index contributed by atoms with van der Waals surface area (Å²) in [6.45, 7) is 4.22. The van der Waals surface area contributed by atoms with Crippen LogP contribution in [0.4, 0.5) is 8.78 Å². The number of unbranched alkanes of at least 4 members (excludes halogenated alkanes) is 9. The molecule has 1 heterocycles. The van der Waals surface area contributed by atoms with Crippen molar-refractivity contribution < 1.29 is 13.5 Å². The fourth-order valence-electron chi connectivity index (χ4n) is 4.44. The van der Waals surface area contributed by atoms with Gasteiger partial charge >= 0.3 is 0 Å². The molecule has 1 aromatic carbocycles. The van der Waals surface area contributed by atoms with Crippen molar-refractivity contribution in [2.45, 2.75) is 129 Å². The first-order chi connectivity index (χ1) is 17.6. The molecular formula is C31H48F2N2O. The van der Waals surface area contributed by atoms with E-state index in [4.69, 9.17) is 4.74 Å². The molecule has 0 fully saturated rings. The maximum absolute atomic E-state index is 14.1. The van der Waals surface area contributed by atoms with Crippen molar-refractivity contribution in [3.05, 3.63) is 42.2 Å². The van der Waals surface area contributed by atoms with E-state index < -0.39 is 12.3 Å². The molecule has 0 saturated heterocycles. The average molecular weight is 503 g/mol. The van der Waals surface area contributed by atoms with Crippen LogP contribution in [0, 0.1) is 0 Å². The predicted molar refractivity (Wildman–Crippen MR) is 147 cm³/mol. The number of alkyl halides is 2. The van der Waals surface area contributed by atoms with Crippen molar-refractivity contribution in [1.29, 1.82) is 0 Å². The summed E-state index contributed by atoms with van der Waals surface area (Å²) >= 11 is 0. The van der Waals surface area contributed by atoms with Gasteiger partial charge < -0.3 is 4.74 Å². The highest BCUT2D eigenvalue weighted by molar-refractivity contribution is 5.55. The van der Waals surface area contributed by atoms with Gasteiger partial charge in [0.2, 0.25) is 0 Å². The van der Waals surface area contributed by atoms with Crippen molar-refractivity contribution >= 4 is 0 Å². The largest absolute Gasteiger partial charge is 0.491 e. The molecule has 202 valence electrons. The summed E-state index contributed by atoms with van der Waals surface area (Å²) in [4.78, 5) is 9.07. The molecule has 0 amide bonds. The van der Waals surface area contributed by atoms with Crippen LogP contribution < -0.4 is 4.74 Å². The van der Waals surface area contributed by atoms with Crippen molar-refractivity contribution in [1.82, 2.24) is 9.97 Å². The van der Waals surface area contributed by atoms with E-state index in [-0.39, 0.29) is 6.61 Å². The summed E-state index contributed by atoms with van der Waals surface area (Å²) in [5, 5.41) is 0. The number of aryl methyl sites for hydroxylation is 1. The average Bonchev–Trinajstić information content (AvgIpc) is 2.89. The summed E-state index contributed by atoms with van der Waals surface area (Å²) in [6.07, 6.45) is 19.1. The van der Waals surface area contributed by atoms with Crippen LogP contribution in [-0.4, -0.2) is 28.9 Å². The first kappa shape index (κ1) is 30.2. The van der Waals surface area contributed by atoms with Crippen molar-refractivity contribution in [3.8, 4) is 17.1 Å². The van der Waals surface area contributed by atoms with Crippen molar-refractivity contribution in [2.24, 2.45) is 0 Å². The van der Waals surface area contributed by atoms with E-state index in [1.165, 1.54) is 69.8 Å². The van der Waals surface area contributed by atoms with Crippen LogP contribution in [0.3, 0.4) is 0 Å². The van der Waals surface area contributed by atoms with Gasteiger partial charge in [0, 0.05) is 18.0 Å². The van der Waals surface area contributed by atoms with Crippen LogP contribution in [0.15, 0.2) is 36.7 Å². The number of ether oxygens (including phenoxy) is 1. The number of benzene rings is 1. The topological polar surface area (TPSA) is 35.0 Å². The second-order valence-corrected chi connectivity index (χ2v) is 10.1. The Morgan fingerprint density at radius 3 is 1.86 bits per heavy atom. The third kappa shape index (κ3) is 13.3. The molecule has 0 spiro atoms. The van der Waals surface area contributed by atoms with E-state index in [0.717, 1.165) is 18.4 Å². The van der Waals surface area contributed by atoms with Gasteiger partial charge in [0.05, 0.1) is 0 Å². The van der Waals surface area contributed by atoms with Gasteiger partial charge in [-0.2, -0.15) is 0 Å². The molecule has 2 aromatic rings. The molecule has 0 bridgehead atoms. The molecule has 3 nitrogen and oxygen atoms in total. The zero-order valence-electron chi connectivity index (χ0n) is 22.7. The Morgan fingerprint density at radius 2 is 1.25 bits per heavy atom. The molecule has 0 N–H and O–H groups in total. The maximum Gasteiger partial charge on any atom is 0.159 e. The number of nitrogens with zero attached hydrogens (tertiary/aromatic N) is 2. The summed E-state index contributed by atoms with van der Waals surface area (Å²) in [5.41, 5.74) is 2.09. The van der Waals surface area contributed by atoms with Crippen LogP contribution in [0.5, 0.6) is 5.75 Å². The van der Waals surface area contributed by atoms with E-state index in [9.17, 15) is 8.78 Å². The standard InChI is InChI=1S/C31H48F2N2O/c1-3-5-6-7-8-9-10-11-12-13-16-26-23-34-31(35-24-26)27-19-21-30(22-20-27)36-25-29(33)18-14-17-28(32)15-4-2/h19-24,28-29H,3-18,25H2,1-2H3. The minimum absolute atomic E-state index is 0.00572. The summed E-state index contributed by atoms with van der Waals surface area (Å²) < 4.78 is 33.1. The highest BCUT2D eigenvalue weighted by Gasteiger charge is 2.11. The Balaban J connectivity index is 1.61. The van der Waals surface area contributed by atoms with Crippen LogP contribution in [0.1, 0.15) is 116 Å². The van der Waals surface area contributed by atoms with Crippen LogP contribution in [-0.2, 0) is 6.42 Å². The molecule has 0 aliphatic rings. The van der Waals surface area contributed by atoms with Crippen molar-refractivity contribution in [3.63, 3.8) is 0 Å². The Morgan fingerprint density at radius 1 is 0.667 bits per heavy atom. The zero-order chi connectivity index (χ0) is 25.8. The molecule has 0 radical (unpaired) electrons. The van der Waals surface area contributed by atoms with Crippen molar-refractivity contribution in [2.75, 3.05) is 6.61 Å². The number of aromatic nitrogens is 2.